The summed E-state index contributed by atoms with van der Waals surface area (Å²) in [7, 11) is 9.06. The molecule has 1 saturated carbocycles. The molecule has 2 bridgehead atoms. The molecular weight excluding hydrogens is 1790 g/mol. The minimum atomic E-state index is -2.56. The predicted molar refractivity (Wildman–Crippen MR) is 490 cm³/mol. The number of hydrazine groups is 1. The van der Waals surface area contributed by atoms with E-state index in [-0.39, 0.29) is 86.0 Å². The first kappa shape index (κ1) is 102. The van der Waals surface area contributed by atoms with Gasteiger partial charge in [-0.05, 0) is 132 Å². The summed E-state index contributed by atoms with van der Waals surface area (Å²) in [6.45, 7) is 9.92. The number of carbonyl (C=O) groups excluding carboxylic acids is 9. The van der Waals surface area contributed by atoms with Crippen LogP contribution in [0.2, 0.25) is 0 Å². The third-order valence-corrected chi connectivity index (χ3v) is 28.1. The maximum absolute atomic E-state index is 15.5. The Hall–Kier alpha value is -12.8. The number of nitrogens with zero attached hydrogens (tertiary/aromatic N) is 7. The predicted octanol–water partition coefficient (Wildman–Crippen LogP) is -0.520. The Bertz CT molecular complexity index is 5570. The van der Waals surface area contributed by atoms with Crippen molar-refractivity contribution in [3.05, 3.63) is 123 Å². The standard InChI is InChI=1S/C54H74N8O12S2.C33H41N13O12/c1-8-50(70)26-32-27-53(48(68)73-7,42-34(15-19-61(28-32)30-50)33-13-10-11-14-37(33)57-42)36-23-35-39(25-40(36)72-6)60(5)45-52(35)17-20-62-18-12-16-51(9-2,44(52)62)46(66)54(45,71)47(67)58-59-49(69)74-21-22-75-76-29-31(3)56-41(63)24-38(55-4)43(64)65;1-14(47)9-19(29(53)54)44-27(51)18(3-2-8-37-32(34)35)41-22(48)10-20(30(55)56)42-23(49)11-21(31(57)58)43-26(50)15-4-6-16(7-5-15)38-12-17-13-39-25-24(40-17)28(52)46-33(36)45-25/h10-14,16,23,25,31-32,38,44-46,55,57,66,70-71H,8-9,15,17-22,24,26-30H2,1-7H3,(H,56,63)(H,58,67)(H,59,69)(H,64,65);4-7,13,18-21,38H,2-3,8-12H2,1H3,(H,41,48)(H,42,49)(H,43,50)(H,44,51)(H,53,54)(H,55,56)(H,57,58)(H4,34,35,37)(H3,36,39,45,46,52)/t31-,32-,38+,44+,45-,46-,50+,51-,52-,53+,54+;18-,19-,20-,21-/m10/s1. The van der Waals surface area contributed by atoms with Crippen molar-refractivity contribution in [2.45, 2.75) is 188 Å². The van der Waals surface area contributed by atoms with E-state index >= 15 is 9.59 Å². The number of aliphatic imine (C=N–C) groups is 1. The number of nitrogens with two attached hydrogens (primary N) is 3. The molecule has 3 aromatic heterocycles. The van der Waals surface area contributed by atoms with Gasteiger partial charge in [-0.15, -0.1) is 0 Å². The number of aromatic nitrogens is 5. The number of esters is 1. The van der Waals surface area contributed by atoms with Gasteiger partial charge in [0.05, 0.1) is 63.6 Å². The van der Waals surface area contributed by atoms with E-state index in [9.17, 15) is 93.3 Å². The van der Waals surface area contributed by atoms with E-state index in [0.29, 0.717) is 110 Å². The van der Waals surface area contributed by atoms with E-state index in [2.05, 4.69) is 88.5 Å². The summed E-state index contributed by atoms with van der Waals surface area (Å²) in [6, 6.07) is 7.98. The highest BCUT2D eigenvalue weighted by atomic mass is 33.1. The van der Waals surface area contributed by atoms with Crippen LogP contribution in [0, 0.1) is 11.3 Å². The van der Waals surface area contributed by atoms with E-state index in [1.165, 1.54) is 66.2 Å². The third-order valence-electron chi connectivity index (χ3n) is 25.6. The molecule has 12 rings (SSSR count). The smallest absolute Gasteiger partial charge is 0.426 e. The zero-order valence-corrected chi connectivity index (χ0v) is 76.7. The number of nitrogens with one attached hydrogen (secondary N) is 11. The molecule has 16 atom stereocenters. The number of methoxy groups -OCH3 is 2. The molecule has 6 aromatic rings. The molecule has 8 heterocycles. The number of aliphatic hydroxyl groups excluding tert-OH is 1. The Morgan fingerprint density at radius 2 is 1.43 bits per heavy atom. The van der Waals surface area contributed by atoms with Gasteiger partial charge in [-0.3, -0.25) is 73.1 Å². The average Bonchev–Trinajstić information content (AvgIpc) is 1.47. The summed E-state index contributed by atoms with van der Waals surface area (Å²) in [4.78, 5) is 206. The van der Waals surface area contributed by atoms with Crippen molar-refractivity contribution < 1.29 is 112 Å². The minimum Gasteiger partial charge on any atom is -0.496 e. The molecular formula is C87H115N21O24S2. The van der Waals surface area contributed by atoms with E-state index < -0.39 is 178 Å². The quantitative estimate of drug-likeness (QED) is 0.00439. The molecule has 3 fully saturated rings. The van der Waals surface area contributed by atoms with Gasteiger partial charge in [0, 0.05) is 126 Å². The molecule has 7 amide bonds. The van der Waals surface area contributed by atoms with Gasteiger partial charge in [-0.25, -0.2) is 34.6 Å². The largest absolute Gasteiger partial charge is 0.496 e. The van der Waals surface area contributed by atoms with Crippen molar-refractivity contribution in [3.63, 3.8) is 0 Å². The summed E-state index contributed by atoms with van der Waals surface area (Å²) >= 11 is 0. The van der Waals surface area contributed by atoms with Crippen LogP contribution in [0.3, 0.4) is 0 Å². The maximum atomic E-state index is 15.5. The van der Waals surface area contributed by atoms with Gasteiger partial charge in [-0.1, -0.05) is 65.8 Å². The van der Waals surface area contributed by atoms with Gasteiger partial charge in [0.25, 0.3) is 17.4 Å². The fraction of sp³-hybridized carbons (Fsp3) is 0.517. The Balaban J connectivity index is 0.000000269. The number of rotatable bonds is 39. The van der Waals surface area contributed by atoms with Crippen molar-refractivity contribution in [3.8, 4) is 5.75 Å². The highest BCUT2D eigenvalue weighted by Crippen LogP contribution is 2.68. The van der Waals surface area contributed by atoms with Gasteiger partial charge < -0.3 is 114 Å². The van der Waals surface area contributed by atoms with Crippen LogP contribution >= 0.6 is 21.6 Å². The lowest BCUT2D eigenvalue weighted by molar-refractivity contribution is -0.204. The topological polar surface area (TPSA) is 687 Å². The monoisotopic (exact) mass is 1900 g/mol. The van der Waals surface area contributed by atoms with Crippen LogP contribution in [0.5, 0.6) is 5.75 Å². The average molecular weight is 1900 g/mol. The van der Waals surface area contributed by atoms with Crippen LogP contribution in [-0.2, 0) is 86.0 Å². The summed E-state index contributed by atoms with van der Waals surface area (Å²) in [5.41, 5.74) is 18.4. The first-order valence-electron chi connectivity index (χ1n) is 43.5. The van der Waals surface area contributed by atoms with Crippen molar-refractivity contribution in [2.24, 2.45) is 27.8 Å². The molecule has 1 spiro atoms. The first-order chi connectivity index (χ1) is 63.6. The number of H-pyrrole nitrogens is 2. The number of benzene rings is 3. The number of anilines is 3. The summed E-state index contributed by atoms with van der Waals surface area (Å²) in [5.74, 6) is -11.9. The molecule has 45 nitrogen and oxygen atoms in total. The number of aliphatic hydroxyl groups is 3. The Labute approximate surface area is 776 Å². The number of nitrogen functional groups attached to an aromatic ring is 1. The van der Waals surface area contributed by atoms with E-state index in [4.69, 9.17) is 31.4 Å². The maximum Gasteiger partial charge on any atom is 0.426 e. The molecule has 24 N–H and O–H groups in total. The number of aliphatic carboxylic acids is 4. The van der Waals surface area contributed by atoms with Gasteiger partial charge >= 0.3 is 35.9 Å². The normalized spacial score (nSPS) is 23.7. The Kier molecular flexibility index (Phi) is 33.0. The van der Waals surface area contributed by atoms with E-state index in [1.807, 2.05) is 66.5 Å². The van der Waals surface area contributed by atoms with Crippen molar-refractivity contribution >= 4 is 144 Å². The summed E-state index contributed by atoms with van der Waals surface area (Å²) in [6.07, 6.45) is 2.60. The summed E-state index contributed by atoms with van der Waals surface area (Å²) in [5, 5.41) is 94.4. The number of amides is 7. The lowest BCUT2D eigenvalue weighted by Crippen LogP contribution is -2.82. The zero-order chi connectivity index (χ0) is 97.6. The van der Waals surface area contributed by atoms with Crippen LogP contribution in [-0.4, -0.2) is 305 Å². The van der Waals surface area contributed by atoms with Crippen molar-refractivity contribution in [2.75, 3.05) is 102 Å². The number of fused-ring (bicyclic) bond motifs is 7. The number of carboxylic acid groups (broad SMARTS) is 4. The van der Waals surface area contributed by atoms with Gasteiger partial charge in [0.2, 0.25) is 29.6 Å². The second-order valence-electron chi connectivity index (χ2n) is 34.3. The fourth-order valence-corrected chi connectivity index (χ4v) is 21.7. The SMILES string of the molecule is CC(=O)C[C@H](NC(=O)[C@H](CCCN=C(N)N)NC(=O)C[C@H](NC(=O)C[C@H](NC(=O)c1ccc(NCc2cnc3nc(N)[nH]c(=O)c3n2)cc1)C(=O)O)C(=O)O)C(=O)O.CC[C@]1(O)C[C@H]2CN(CCc3c([nH]c4ccccc34)[C@@](C(=O)OC)(c3cc4c(cc3OC)N(C)[C@H]3[C@@](O)(C(=O)NNC(=O)OCCSSC[C@@H](C)NC(=O)C[C@H](NC)C(=O)O)[C@H](O)[C@]5(CC)C=CCN6CC[C@]43[C@@H]65)C2)C1. The molecule has 1 aliphatic carbocycles. The number of aromatic amines is 2. The number of hydrogen-bond donors (Lipinski definition) is 21. The van der Waals surface area contributed by atoms with Crippen LogP contribution in [0.15, 0.2) is 88.8 Å². The molecule has 5 aliphatic heterocycles. The second-order valence-corrected chi connectivity index (χ2v) is 36.9. The van der Waals surface area contributed by atoms with Crippen molar-refractivity contribution in [1.82, 2.24) is 77.5 Å². The number of carbonyl (C=O) groups is 13. The van der Waals surface area contributed by atoms with Gasteiger partial charge in [-0.2, -0.15) is 4.98 Å². The third kappa shape index (κ3) is 22.2. The fourth-order valence-electron chi connectivity index (χ4n) is 19.6. The molecule has 724 valence electrons. The number of piperidine rings is 1. The number of guanidine groups is 1. The number of Topliss-reactive ketones (excluding diaryl/α,β-unsaturated/α-hetero) is 1. The van der Waals surface area contributed by atoms with Crippen LogP contribution in [0.1, 0.15) is 137 Å². The van der Waals surface area contributed by atoms with Crippen molar-refractivity contribution in [1.29, 1.82) is 0 Å². The second kappa shape index (κ2) is 43.5. The molecule has 0 radical (unpaired) electrons. The van der Waals surface area contributed by atoms with Crippen LogP contribution in [0.4, 0.5) is 22.1 Å². The highest BCUT2D eigenvalue weighted by molar-refractivity contribution is 8.76. The molecule has 3 aromatic carbocycles. The molecule has 134 heavy (non-hydrogen) atoms. The molecule has 1 unspecified atom stereocenters. The molecule has 2 saturated heterocycles. The number of hydrogen-bond acceptors (Lipinski definition) is 32. The first-order valence-corrected chi connectivity index (χ1v) is 46.0. The number of ether oxygens (including phenoxy) is 3. The lowest BCUT2D eigenvalue weighted by atomic mass is 9.47. The number of carboxylic acids is 4. The van der Waals surface area contributed by atoms with Gasteiger partial charge in [0.1, 0.15) is 59.9 Å². The highest BCUT2D eigenvalue weighted by Gasteiger charge is 2.79. The Morgan fingerprint density at radius 1 is 0.761 bits per heavy atom. The number of ketones is 1. The zero-order valence-electron chi connectivity index (χ0n) is 75.1. The van der Waals surface area contributed by atoms with Crippen LogP contribution < -0.4 is 80.5 Å². The van der Waals surface area contributed by atoms with Gasteiger partial charge in [0.15, 0.2) is 22.7 Å². The summed E-state index contributed by atoms with van der Waals surface area (Å²) < 4.78 is 17.8. The number of likely N-dealkylation sites (N-methyl/N-ethyl adjacent to an activating group) is 2. The lowest BCUT2D eigenvalue weighted by Gasteiger charge is -2.63. The Morgan fingerprint density at radius 3 is 2.07 bits per heavy atom. The van der Waals surface area contributed by atoms with Crippen LogP contribution in [0.25, 0.3) is 22.1 Å². The van der Waals surface area contributed by atoms with E-state index in [0.717, 1.165) is 29.0 Å². The number of para-hydroxylation sites is 1. The molecule has 47 heteroatoms. The minimum absolute atomic E-state index is 0.00150. The molecule has 6 aliphatic rings. The van der Waals surface area contributed by atoms with E-state index in [1.54, 1.807) is 21.1 Å².